The molecule has 0 heterocycles. The van der Waals surface area contributed by atoms with E-state index in [9.17, 15) is 5.11 Å². The summed E-state index contributed by atoms with van der Waals surface area (Å²) in [4.78, 5) is 0. The minimum atomic E-state index is -1.49. The van der Waals surface area contributed by atoms with Gasteiger partial charge < -0.3 is 5.11 Å². The van der Waals surface area contributed by atoms with Gasteiger partial charge in [0.1, 0.15) is 8.07 Å². The Bertz CT molecular complexity index is 329. The van der Waals surface area contributed by atoms with Crippen LogP contribution in [0.1, 0.15) is 12.5 Å². The van der Waals surface area contributed by atoms with Crippen LogP contribution < -0.4 is 5.19 Å². The third-order valence-corrected chi connectivity index (χ3v) is 5.51. The SMILES string of the molecule is CC=C[Si](C)(C)c1ccccc1CO. The monoisotopic (exact) mass is 206 g/mol. The van der Waals surface area contributed by atoms with Gasteiger partial charge in [-0.25, -0.2) is 0 Å². The Morgan fingerprint density at radius 3 is 2.50 bits per heavy atom. The van der Waals surface area contributed by atoms with Crippen molar-refractivity contribution in [2.24, 2.45) is 0 Å². The van der Waals surface area contributed by atoms with Crippen molar-refractivity contribution in [3.63, 3.8) is 0 Å². The summed E-state index contributed by atoms with van der Waals surface area (Å²) in [5.74, 6) is 0. The standard InChI is InChI=1S/C12H18OSi/c1-4-9-14(2,3)12-8-6-5-7-11(12)10-13/h4-9,13H,10H2,1-3H3. The molecule has 0 aliphatic heterocycles. The highest BCUT2D eigenvalue weighted by Gasteiger charge is 2.21. The molecule has 0 amide bonds. The second-order valence-corrected chi connectivity index (χ2v) is 8.35. The number of benzene rings is 1. The summed E-state index contributed by atoms with van der Waals surface area (Å²) in [6.45, 7) is 6.78. The number of aliphatic hydroxyl groups excluding tert-OH is 1. The van der Waals surface area contributed by atoms with Crippen LogP contribution in [0.4, 0.5) is 0 Å². The van der Waals surface area contributed by atoms with Crippen molar-refractivity contribution < 1.29 is 5.11 Å². The summed E-state index contributed by atoms with van der Waals surface area (Å²) < 4.78 is 0. The van der Waals surface area contributed by atoms with Crippen LogP contribution >= 0.6 is 0 Å². The number of hydrogen-bond donors (Lipinski definition) is 1. The molecule has 14 heavy (non-hydrogen) atoms. The zero-order valence-electron chi connectivity index (χ0n) is 9.12. The number of allylic oxidation sites excluding steroid dienone is 1. The lowest BCUT2D eigenvalue weighted by molar-refractivity contribution is 0.283. The van der Waals surface area contributed by atoms with E-state index < -0.39 is 8.07 Å². The molecule has 0 bridgehead atoms. The Hall–Kier alpha value is -0.863. The van der Waals surface area contributed by atoms with Crippen LogP contribution in [0.15, 0.2) is 36.0 Å². The van der Waals surface area contributed by atoms with Crippen LogP contribution in [0, 0.1) is 0 Å². The van der Waals surface area contributed by atoms with Crippen molar-refractivity contribution in [3.8, 4) is 0 Å². The first kappa shape index (κ1) is 11.2. The molecular formula is C12H18OSi. The first-order valence-corrected chi connectivity index (χ1v) is 8.02. The van der Waals surface area contributed by atoms with Gasteiger partial charge in [0.15, 0.2) is 0 Å². The molecule has 1 aromatic rings. The van der Waals surface area contributed by atoms with Crippen LogP contribution in [0.2, 0.25) is 13.1 Å². The lowest BCUT2D eigenvalue weighted by Gasteiger charge is -2.21. The van der Waals surface area contributed by atoms with E-state index in [2.05, 4.69) is 37.9 Å². The molecule has 0 spiro atoms. The quantitative estimate of drug-likeness (QED) is 0.752. The molecule has 0 fully saturated rings. The van der Waals surface area contributed by atoms with E-state index in [-0.39, 0.29) is 6.61 Å². The van der Waals surface area contributed by atoms with Crippen LogP contribution in [0.5, 0.6) is 0 Å². The van der Waals surface area contributed by atoms with Crippen molar-refractivity contribution in [2.45, 2.75) is 26.6 Å². The molecule has 2 heteroatoms. The second-order valence-electron chi connectivity index (χ2n) is 4.04. The fraction of sp³-hybridized carbons (Fsp3) is 0.333. The Kier molecular flexibility index (Phi) is 3.67. The molecule has 0 aliphatic carbocycles. The topological polar surface area (TPSA) is 20.2 Å². The molecular weight excluding hydrogens is 188 g/mol. The average molecular weight is 206 g/mol. The number of rotatable bonds is 3. The van der Waals surface area contributed by atoms with Gasteiger partial charge in [-0.3, -0.25) is 0 Å². The maximum Gasteiger partial charge on any atom is 0.104 e. The normalized spacial score (nSPS) is 12.3. The molecule has 0 unspecified atom stereocenters. The average Bonchev–Trinajstić information content (AvgIpc) is 2.18. The van der Waals surface area contributed by atoms with Gasteiger partial charge in [-0.1, -0.05) is 49.1 Å². The maximum absolute atomic E-state index is 9.25. The van der Waals surface area contributed by atoms with Crippen molar-refractivity contribution in [2.75, 3.05) is 0 Å². The van der Waals surface area contributed by atoms with Gasteiger partial charge >= 0.3 is 0 Å². The van der Waals surface area contributed by atoms with E-state index in [0.29, 0.717) is 0 Å². The van der Waals surface area contributed by atoms with Crippen LogP contribution in [-0.4, -0.2) is 13.2 Å². The van der Waals surface area contributed by atoms with Gasteiger partial charge in [0.25, 0.3) is 0 Å². The minimum absolute atomic E-state index is 0.143. The second kappa shape index (κ2) is 4.58. The molecule has 1 N–H and O–H groups in total. The highest BCUT2D eigenvalue weighted by molar-refractivity contribution is 6.94. The maximum atomic E-state index is 9.25. The molecule has 0 saturated carbocycles. The predicted octanol–water partition coefficient (Wildman–Crippen LogP) is 2.21. The Morgan fingerprint density at radius 2 is 1.93 bits per heavy atom. The summed E-state index contributed by atoms with van der Waals surface area (Å²) in [6.07, 6.45) is 2.11. The van der Waals surface area contributed by atoms with Gasteiger partial charge in [-0.2, -0.15) is 0 Å². The van der Waals surface area contributed by atoms with Crippen LogP contribution in [-0.2, 0) is 6.61 Å². The van der Waals surface area contributed by atoms with E-state index in [1.165, 1.54) is 5.19 Å². The van der Waals surface area contributed by atoms with Gasteiger partial charge in [-0.05, 0) is 17.7 Å². The van der Waals surface area contributed by atoms with E-state index in [4.69, 9.17) is 0 Å². The van der Waals surface area contributed by atoms with E-state index in [0.717, 1.165) is 5.56 Å². The lowest BCUT2D eigenvalue weighted by atomic mass is 10.2. The van der Waals surface area contributed by atoms with Crippen LogP contribution in [0.25, 0.3) is 0 Å². The van der Waals surface area contributed by atoms with E-state index in [1.807, 2.05) is 18.2 Å². The first-order chi connectivity index (χ1) is 6.61. The largest absolute Gasteiger partial charge is 0.392 e. The summed E-state index contributed by atoms with van der Waals surface area (Å²) in [5.41, 5.74) is 3.36. The number of aliphatic hydroxyl groups is 1. The Morgan fingerprint density at radius 1 is 1.29 bits per heavy atom. The Balaban J connectivity index is 3.17. The van der Waals surface area contributed by atoms with Gasteiger partial charge in [0.2, 0.25) is 0 Å². The molecule has 1 aromatic carbocycles. The van der Waals surface area contributed by atoms with Crippen molar-refractivity contribution in [3.05, 3.63) is 41.6 Å². The minimum Gasteiger partial charge on any atom is -0.392 e. The number of hydrogen-bond acceptors (Lipinski definition) is 1. The third kappa shape index (κ3) is 2.34. The zero-order chi connectivity index (χ0) is 10.6. The molecule has 0 atom stereocenters. The van der Waals surface area contributed by atoms with E-state index >= 15 is 0 Å². The molecule has 0 radical (unpaired) electrons. The fourth-order valence-corrected chi connectivity index (χ4v) is 4.32. The van der Waals surface area contributed by atoms with Crippen LogP contribution in [0.3, 0.4) is 0 Å². The van der Waals surface area contributed by atoms with Gasteiger partial charge in [0, 0.05) is 0 Å². The molecule has 0 saturated heterocycles. The van der Waals surface area contributed by atoms with E-state index in [1.54, 1.807) is 0 Å². The summed E-state index contributed by atoms with van der Waals surface area (Å²) in [5, 5.41) is 10.6. The first-order valence-electron chi connectivity index (χ1n) is 4.95. The van der Waals surface area contributed by atoms with Crippen molar-refractivity contribution in [1.29, 1.82) is 0 Å². The molecule has 0 aromatic heterocycles. The molecule has 76 valence electrons. The fourth-order valence-electron chi connectivity index (χ4n) is 1.79. The van der Waals surface area contributed by atoms with Gasteiger partial charge in [-0.15, -0.1) is 0 Å². The summed E-state index contributed by atoms with van der Waals surface area (Å²) in [7, 11) is -1.49. The lowest BCUT2D eigenvalue weighted by Crippen LogP contribution is -2.41. The molecule has 0 aliphatic rings. The molecule has 1 nitrogen and oxygen atoms in total. The van der Waals surface area contributed by atoms with Crippen molar-refractivity contribution in [1.82, 2.24) is 0 Å². The highest BCUT2D eigenvalue weighted by atomic mass is 28.3. The zero-order valence-corrected chi connectivity index (χ0v) is 10.1. The summed E-state index contributed by atoms with van der Waals surface area (Å²) in [6, 6.07) is 8.17. The predicted molar refractivity (Wildman–Crippen MR) is 64.3 cm³/mol. The highest BCUT2D eigenvalue weighted by Crippen LogP contribution is 2.09. The molecule has 1 rings (SSSR count). The van der Waals surface area contributed by atoms with Crippen molar-refractivity contribution >= 4 is 13.3 Å². The summed E-state index contributed by atoms with van der Waals surface area (Å²) >= 11 is 0. The van der Waals surface area contributed by atoms with Gasteiger partial charge in [0.05, 0.1) is 6.61 Å². The smallest absolute Gasteiger partial charge is 0.104 e. The third-order valence-electron chi connectivity index (χ3n) is 2.47. The Labute approximate surface area is 87.1 Å².